The van der Waals surface area contributed by atoms with Crippen molar-refractivity contribution < 1.29 is 14.4 Å². The van der Waals surface area contributed by atoms with E-state index in [1.807, 2.05) is 0 Å². The van der Waals surface area contributed by atoms with E-state index in [-0.39, 0.29) is 16.5 Å². The van der Waals surface area contributed by atoms with Crippen LogP contribution < -0.4 is 10.6 Å². The zero-order valence-electron chi connectivity index (χ0n) is 10.6. The van der Waals surface area contributed by atoms with Crippen LogP contribution in [-0.4, -0.2) is 17.7 Å². The van der Waals surface area contributed by atoms with Crippen molar-refractivity contribution in [2.75, 3.05) is 4.90 Å². The molecular weight excluding hydrogens is 312 g/mol. The summed E-state index contributed by atoms with van der Waals surface area (Å²) in [5.74, 6) is -2.17. The Kier molecular flexibility index (Phi) is 3.27. The van der Waals surface area contributed by atoms with E-state index in [1.54, 1.807) is 35.7 Å². The number of urea groups is 1. The largest absolute Gasteiger partial charge is 0.351 e. The molecule has 1 atom stereocenters. The molecule has 1 aliphatic heterocycles. The maximum Gasteiger partial charge on any atom is 0.326 e. The van der Waals surface area contributed by atoms with E-state index in [0.29, 0.717) is 10.4 Å². The molecule has 0 fully saturated rings. The molecule has 0 radical (unpaired) electrons. The van der Waals surface area contributed by atoms with Gasteiger partial charge in [-0.3, -0.25) is 9.59 Å². The van der Waals surface area contributed by atoms with Crippen LogP contribution in [0.4, 0.5) is 10.5 Å². The monoisotopic (exact) mass is 320 g/mol. The Morgan fingerprint density at radius 1 is 1.24 bits per heavy atom. The number of ketones is 1. The Balaban J connectivity index is 2.17. The minimum absolute atomic E-state index is 0.263. The van der Waals surface area contributed by atoms with E-state index in [0.717, 1.165) is 4.90 Å². The highest BCUT2D eigenvalue weighted by molar-refractivity contribution is 7.12. The van der Waals surface area contributed by atoms with Gasteiger partial charge in [-0.05, 0) is 23.6 Å². The van der Waals surface area contributed by atoms with Crippen molar-refractivity contribution in [3.8, 4) is 0 Å². The van der Waals surface area contributed by atoms with E-state index in [9.17, 15) is 14.4 Å². The summed E-state index contributed by atoms with van der Waals surface area (Å²) in [6, 6.07) is 7.14. The van der Waals surface area contributed by atoms with Crippen LogP contribution in [0.3, 0.4) is 0 Å². The summed E-state index contributed by atoms with van der Waals surface area (Å²) in [4.78, 5) is 37.8. The Labute approximate surface area is 128 Å². The lowest BCUT2D eigenvalue weighted by Gasteiger charge is -2.12. The van der Waals surface area contributed by atoms with Crippen molar-refractivity contribution in [1.29, 1.82) is 0 Å². The third-order valence-corrected chi connectivity index (χ3v) is 4.49. The van der Waals surface area contributed by atoms with Crippen molar-refractivity contribution >= 4 is 46.3 Å². The van der Waals surface area contributed by atoms with Gasteiger partial charge in [0.1, 0.15) is 5.92 Å². The summed E-state index contributed by atoms with van der Waals surface area (Å²) >= 11 is 7.36. The Morgan fingerprint density at radius 3 is 2.62 bits per heavy atom. The third-order valence-electron chi connectivity index (χ3n) is 3.27. The van der Waals surface area contributed by atoms with Crippen LogP contribution in [0.15, 0.2) is 35.7 Å². The molecular formula is C14H9ClN2O3S. The van der Waals surface area contributed by atoms with Crippen LogP contribution in [0.1, 0.15) is 21.2 Å². The van der Waals surface area contributed by atoms with Gasteiger partial charge in [-0.25, -0.2) is 9.69 Å². The van der Waals surface area contributed by atoms with Crippen LogP contribution in [0.25, 0.3) is 0 Å². The number of rotatable bonds is 2. The number of imide groups is 1. The standard InChI is InChI=1S/C14H9ClN2O3S/c15-7-3-1-4-8-10(7)11(13(19)17(8)14(16)20)12(18)9-5-2-6-21-9/h1-6,11H,(H2,16,20). The maximum absolute atomic E-state index is 12.6. The Bertz CT molecular complexity index is 758. The van der Waals surface area contributed by atoms with Gasteiger partial charge in [0.25, 0.3) is 5.91 Å². The predicted octanol–water partition coefficient (Wildman–Crippen LogP) is 2.79. The Hall–Kier alpha value is -2.18. The number of hydrogen-bond donors (Lipinski definition) is 1. The van der Waals surface area contributed by atoms with Gasteiger partial charge in [0, 0.05) is 10.6 Å². The molecule has 7 heteroatoms. The van der Waals surface area contributed by atoms with Gasteiger partial charge in [0.15, 0.2) is 5.78 Å². The molecule has 3 rings (SSSR count). The van der Waals surface area contributed by atoms with Gasteiger partial charge in [-0.1, -0.05) is 23.7 Å². The molecule has 1 aromatic heterocycles. The number of benzene rings is 1. The highest BCUT2D eigenvalue weighted by atomic mass is 35.5. The van der Waals surface area contributed by atoms with E-state index in [4.69, 9.17) is 17.3 Å². The molecule has 2 aromatic rings. The first-order chi connectivity index (χ1) is 10.0. The van der Waals surface area contributed by atoms with E-state index < -0.39 is 17.9 Å². The third kappa shape index (κ3) is 2.03. The molecule has 0 spiro atoms. The van der Waals surface area contributed by atoms with E-state index in [2.05, 4.69) is 0 Å². The van der Waals surface area contributed by atoms with Gasteiger partial charge >= 0.3 is 6.03 Å². The van der Waals surface area contributed by atoms with Gasteiger partial charge in [0.2, 0.25) is 0 Å². The highest BCUT2D eigenvalue weighted by Gasteiger charge is 2.45. The minimum atomic E-state index is -1.13. The number of Topliss-reactive ketones (excluding diaryl/α,β-unsaturated/α-hetero) is 1. The smallest absolute Gasteiger partial charge is 0.326 e. The summed E-state index contributed by atoms with van der Waals surface area (Å²) in [6.45, 7) is 0. The molecule has 106 valence electrons. The molecule has 2 heterocycles. The number of halogens is 1. The lowest BCUT2D eigenvalue weighted by molar-refractivity contribution is -0.117. The molecule has 1 unspecified atom stereocenters. The molecule has 3 amide bonds. The number of amides is 3. The quantitative estimate of drug-likeness (QED) is 0.682. The van der Waals surface area contributed by atoms with Crippen LogP contribution >= 0.6 is 22.9 Å². The number of thiophene rings is 1. The highest BCUT2D eigenvalue weighted by Crippen LogP contribution is 2.43. The molecule has 1 aliphatic rings. The summed E-state index contributed by atoms with van der Waals surface area (Å²) in [5.41, 5.74) is 5.86. The second kappa shape index (κ2) is 4.98. The lowest BCUT2D eigenvalue weighted by atomic mass is 9.95. The van der Waals surface area contributed by atoms with Crippen molar-refractivity contribution in [1.82, 2.24) is 0 Å². The van der Waals surface area contributed by atoms with Gasteiger partial charge in [-0.15, -0.1) is 11.3 Å². The van der Waals surface area contributed by atoms with Crippen molar-refractivity contribution in [3.05, 3.63) is 51.2 Å². The summed E-state index contributed by atoms with van der Waals surface area (Å²) in [5, 5.41) is 2.01. The molecule has 0 saturated heterocycles. The summed E-state index contributed by atoms with van der Waals surface area (Å²) in [6.07, 6.45) is 0. The second-order valence-corrected chi connectivity index (χ2v) is 5.81. The number of carbonyl (C=O) groups is 3. The van der Waals surface area contributed by atoms with Crippen molar-refractivity contribution in [2.24, 2.45) is 5.73 Å². The number of fused-ring (bicyclic) bond motifs is 1. The Morgan fingerprint density at radius 2 is 2.00 bits per heavy atom. The first-order valence-corrected chi connectivity index (χ1v) is 7.27. The summed E-state index contributed by atoms with van der Waals surface area (Å²) in [7, 11) is 0. The van der Waals surface area contributed by atoms with Crippen LogP contribution in [0.5, 0.6) is 0 Å². The van der Waals surface area contributed by atoms with Gasteiger partial charge < -0.3 is 5.73 Å². The SMILES string of the molecule is NC(=O)N1C(=O)C(C(=O)c2cccs2)c2c(Cl)cccc21. The van der Waals surface area contributed by atoms with Crippen molar-refractivity contribution in [3.63, 3.8) is 0 Å². The molecule has 0 aliphatic carbocycles. The number of nitrogens with two attached hydrogens (primary N) is 1. The first kappa shape index (κ1) is 13.8. The molecule has 0 bridgehead atoms. The fourth-order valence-corrected chi connectivity index (χ4v) is 3.38. The maximum atomic E-state index is 12.6. The predicted molar refractivity (Wildman–Crippen MR) is 79.9 cm³/mol. The van der Waals surface area contributed by atoms with E-state index >= 15 is 0 Å². The minimum Gasteiger partial charge on any atom is -0.351 e. The second-order valence-electron chi connectivity index (χ2n) is 4.46. The number of carbonyl (C=O) groups excluding carboxylic acids is 3. The topological polar surface area (TPSA) is 80.5 Å². The zero-order chi connectivity index (χ0) is 15.1. The average molecular weight is 321 g/mol. The normalized spacial score (nSPS) is 16.9. The zero-order valence-corrected chi connectivity index (χ0v) is 12.1. The molecule has 21 heavy (non-hydrogen) atoms. The molecule has 5 nitrogen and oxygen atoms in total. The van der Waals surface area contributed by atoms with Crippen LogP contribution in [-0.2, 0) is 4.79 Å². The summed E-state index contributed by atoms with van der Waals surface area (Å²) < 4.78 is 0. The van der Waals surface area contributed by atoms with E-state index in [1.165, 1.54) is 11.3 Å². The fourth-order valence-electron chi connectivity index (χ4n) is 2.41. The first-order valence-electron chi connectivity index (χ1n) is 6.02. The number of nitrogens with zero attached hydrogens (tertiary/aromatic N) is 1. The molecule has 1 aromatic carbocycles. The molecule has 0 saturated carbocycles. The average Bonchev–Trinajstić information content (AvgIpc) is 3.03. The molecule has 2 N–H and O–H groups in total. The van der Waals surface area contributed by atoms with Crippen LogP contribution in [0, 0.1) is 0 Å². The van der Waals surface area contributed by atoms with Crippen molar-refractivity contribution in [2.45, 2.75) is 5.92 Å². The van der Waals surface area contributed by atoms with Crippen LogP contribution in [0.2, 0.25) is 5.02 Å². The number of hydrogen-bond acceptors (Lipinski definition) is 4. The van der Waals surface area contributed by atoms with Gasteiger partial charge in [-0.2, -0.15) is 0 Å². The van der Waals surface area contributed by atoms with Gasteiger partial charge in [0.05, 0.1) is 10.6 Å². The lowest BCUT2D eigenvalue weighted by Crippen LogP contribution is -2.40. The fraction of sp³-hybridized carbons (Fsp3) is 0.0714. The number of anilines is 1. The number of primary amides is 1.